The number of aromatic nitrogens is 3. The van der Waals surface area contributed by atoms with Crippen LogP contribution in [0.15, 0.2) is 52.1 Å². The van der Waals surface area contributed by atoms with Gasteiger partial charge in [0, 0.05) is 19.5 Å². The summed E-state index contributed by atoms with van der Waals surface area (Å²) in [6.45, 7) is -0.726. The Hall–Kier alpha value is -5.19. The average Bonchev–Trinajstić information content (AvgIpc) is 3.38. The highest BCUT2D eigenvalue weighted by Crippen LogP contribution is 2.38. The number of nitrogens with zero attached hydrogens (tertiary/aromatic N) is 3. The summed E-state index contributed by atoms with van der Waals surface area (Å²) in [5, 5.41) is 0.591. The molecule has 11 nitrogen and oxygen atoms in total. The van der Waals surface area contributed by atoms with E-state index in [2.05, 4.69) is 0 Å². The minimum absolute atomic E-state index is 0.292. The second-order valence-corrected chi connectivity index (χ2v) is 9.58. The third kappa shape index (κ3) is 4.75. The third-order valence-corrected chi connectivity index (χ3v) is 7.22. The predicted molar refractivity (Wildman–Crippen MR) is 153 cm³/mol. The van der Waals surface area contributed by atoms with Gasteiger partial charge in [0.1, 0.15) is 11.4 Å². The number of benzene rings is 2. The number of hydrogen-bond donors (Lipinski definition) is 1. The van der Waals surface area contributed by atoms with Crippen LogP contribution < -0.4 is 26.5 Å². The lowest BCUT2D eigenvalue weighted by atomic mass is 10.0. The largest absolute Gasteiger partial charge is 0.493 e. The van der Waals surface area contributed by atoms with Gasteiger partial charge in [-0.05, 0) is 53.8 Å². The van der Waals surface area contributed by atoms with Gasteiger partial charge in [-0.3, -0.25) is 18.7 Å². The van der Waals surface area contributed by atoms with E-state index in [0.29, 0.717) is 52.1 Å². The quantitative estimate of drug-likeness (QED) is 0.268. The van der Waals surface area contributed by atoms with Crippen molar-refractivity contribution in [1.29, 1.82) is 0 Å². The van der Waals surface area contributed by atoms with E-state index in [-0.39, 0.29) is 5.82 Å². The molecule has 0 amide bonds. The summed E-state index contributed by atoms with van der Waals surface area (Å²) in [5.41, 5.74) is 8.07. The molecule has 5 rings (SSSR count). The molecule has 0 saturated carbocycles. The molecule has 0 radical (unpaired) electrons. The number of Topliss-reactive ketones (excluding diaryl/α,β-unsaturated/α-hetero) is 1. The van der Waals surface area contributed by atoms with Crippen molar-refractivity contribution in [2.45, 2.75) is 12.8 Å². The highest BCUT2D eigenvalue weighted by Gasteiger charge is 2.29. The first kappa shape index (κ1) is 27.4. The van der Waals surface area contributed by atoms with Crippen LogP contribution in [0, 0.1) is 0 Å². The Morgan fingerprint density at radius 3 is 2.44 bits per heavy atom. The number of nitrogens with two attached hydrogens (primary N) is 1. The maximum absolute atomic E-state index is 13.5. The Kier molecular flexibility index (Phi) is 7.19. The minimum atomic E-state index is -0.855. The molecule has 1 aliphatic carbocycles. The number of methoxy groups -OCH3 is 2. The smallest absolute Gasteiger partial charge is 0.339 e. The fraction of sp³-hybridized carbons (Fsp3) is 0.233. The Morgan fingerprint density at radius 2 is 1.71 bits per heavy atom. The summed E-state index contributed by atoms with van der Waals surface area (Å²) in [5.74, 6) is -0.617. The van der Waals surface area contributed by atoms with Gasteiger partial charge in [0.25, 0.3) is 5.56 Å². The molecular formula is C30H28N4O7. The second kappa shape index (κ2) is 10.8. The van der Waals surface area contributed by atoms with E-state index in [1.54, 1.807) is 32.4 Å². The molecule has 0 saturated heterocycles. The van der Waals surface area contributed by atoms with Crippen molar-refractivity contribution in [2.75, 3.05) is 26.6 Å². The van der Waals surface area contributed by atoms with E-state index < -0.39 is 35.2 Å². The Labute approximate surface area is 234 Å². The normalized spacial score (nSPS) is 13.3. The van der Waals surface area contributed by atoms with Gasteiger partial charge in [0.2, 0.25) is 5.78 Å². The number of anilines is 1. The van der Waals surface area contributed by atoms with Crippen LogP contribution in [0.3, 0.4) is 0 Å². The number of ketones is 1. The van der Waals surface area contributed by atoms with Crippen molar-refractivity contribution in [3.8, 4) is 11.5 Å². The molecule has 0 aliphatic heterocycles. The van der Waals surface area contributed by atoms with Gasteiger partial charge in [-0.2, -0.15) is 0 Å². The number of allylic oxidation sites excluding steroid dienone is 1. The van der Waals surface area contributed by atoms with Crippen LogP contribution >= 0.6 is 0 Å². The van der Waals surface area contributed by atoms with Gasteiger partial charge >= 0.3 is 11.7 Å². The molecule has 0 spiro atoms. The third-order valence-electron chi connectivity index (χ3n) is 7.22. The van der Waals surface area contributed by atoms with Crippen LogP contribution in [-0.2, 0) is 25.3 Å². The molecule has 210 valence electrons. The van der Waals surface area contributed by atoms with Crippen molar-refractivity contribution in [3.63, 3.8) is 0 Å². The number of ether oxygens (including phenoxy) is 3. The van der Waals surface area contributed by atoms with Crippen LogP contribution in [0.25, 0.3) is 22.6 Å². The number of hydrogen-bond acceptors (Lipinski definition) is 9. The van der Waals surface area contributed by atoms with Crippen LogP contribution in [0.1, 0.15) is 44.0 Å². The number of nitrogen functional groups attached to an aromatic ring is 1. The maximum Gasteiger partial charge on any atom is 0.339 e. The van der Waals surface area contributed by atoms with Crippen molar-refractivity contribution < 1.29 is 23.8 Å². The number of fused-ring (bicyclic) bond motifs is 2. The lowest BCUT2D eigenvalue weighted by Gasteiger charge is -2.13. The number of carbonyl (C=O) groups excluding carboxylic acids is 2. The maximum atomic E-state index is 13.5. The summed E-state index contributed by atoms with van der Waals surface area (Å²) in [6, 6.07) is 12.8. The van der Waals surface area contributed by atoms with E-state index >= 15 is 0 Å². The summed E-state index contributed by atoms with van der Waals surface area (Å²) in [4.78, 5) is 56.0. The number of carbonyl (C=O) groups is 2. The topological polar surface area (TPSA) is 145 Å². The molecule has 2 heterocycles. The van der Waals surface area contributed by atoms with Crippen molar-refractivity contribution in [2.24, 2.45) is 14.1 Å². The van der Waals surface area contributed by atoms with Gasteiger partial charge in [-0.1, -0.05) is 24.3 Å². The minimum Gasteiger partial charge on any atom is -0.493 e. The van der Waals surface area contributed by atoms with Crippen LogP contribution in [0.5, 0.6) is 11.5 Å². The SMILES string of the molecule is COc1ccc(/C=C2/CCc3c2nc2ccccc2c3C(=O)OCC(=O)c2c(N)n(C)c(=O)n(C)c2=O)cc1OC. The van der Waals surface area contributed by atoms with Crippen molar-refractivity contribution in [1.82, 2.24) is 14.1 Å². The van der Waals surface area contributed by atoms with Crippen LogP contribution in [0.4, 0.5) is 5.82 Å². The van der Waals surface area contributed by atoms with Gasteiger partial charge in [-0.25, -0.2) is 14.6 Å². The molecule has 0 bridgehead atoms. The molecule has 0 unspecified atom stereocenters. The van der Waals surface area contributed by atoms with E-state index in [1.807, 2.05) is 30.3 Å². The summed E-state index contributed by atoms with van der Waals surface area (Å²) >= 11 is 0. The molecule has 4 aromatic rings. The lowest BCUT2D eigenvalue weighted by molar-refractivity contribution is 0.0475. The Bertz CT molecular complexity index is 1880. The first-order valence-corrected chi connectivity index (χ1v) is 12.8. The first-order chi connectivity index (χ1) is 19.7. The molecule has 41 heavy (non-hydrogen) atoms. The molecule has 2 aromatic carbocycles. The van der Waals surface area contributed by atoms with E-state index in [0.717, 1.165) is 20.3 Å². The van der Waals surface area contributed by atoms with Crippen LogP contribution in [0.2, 0.25) is 0 Å². The fourth-order valence-electron chi connectivity index (χ4n) is 5.05. The highest BCUT2D eigenvalue weighted by atomic mass is 16.5. The number of rotatable bonds is 7. The Morgan fingerprint density at radius 1 is 0.976 bits per heavy atom. The predicted octanol–water partition coefficient (Wildman–Crippen LogP) is 2.76. The van der Waals surface area contributed by atoms with Crippen LogP contribution in [-0.4, -0.2) is 46.7 Å². The molecule has 2 N–H and O–H groups in total. The molecule has 1 aliphatic rings. The summed E-state index contributed by atoms with van der Waals surface area (Å²) < 4.78 is 18.0. The Balaban J connectivity index is 1.51. The standard InChI is InChI=1S/C30H28N4O7/c1-33-27(31)25(28(36)34(2)30(33)38)21(35)15-41-29(37)24-18-7-5-6-8-20(18)32-26-17(10-11-19(24)26)13-16-9-12-22(39-3)23(14-16)40-4/h5-9,12-14H,10-11,15,31H2,1-4H3/b17-13-. The zero-order valence-electron chi connectivity index (χ0n) is 23.0. The van der Waals surface area contributed by atoms with E-state index in [9.17, 15) is 19.2 Å². The highest BCUT2D eigenvalue weighted by molar-refractivity contribution is 6.08. The van der Waals surface area contributed by atoms with E-state index in [4.69, 9.17) is 24.9 Å². The molecule has 0 atom stereocenters. The van der Waals surface area contributed by atoms with Gasteiger partial charge in [0.15, 0.2) is 18.1 Å². The number of pyridine rings is 1. The second-order valence-electron chi connectivity index (χ2n) is 9.58. The monoisotopic (exact) mass is 556 g/mol. The summed E-state index contributed by atoms with van der Waals surface area (Å²) in [6.07, 6.45) is 3.17. The van der Waals surface area contributed by atoms with E-state index in [1.165, 1.54) is 14.1 Å². The van der Waals surface area contributed by atoms with Gasteiger partial charge in [0.05, 0.1) is 31.0 Å². The average molecular weight is 557 g/mol. The first-order valence-electron chi connectivity index (χ1n) is 12.8. The summed E-state index contributed by atoms with van der Waals surface area (Å²) in [7, 11) is 5.73. The van der Waals surface area contributed by atoms with Crippen molar-refractivity contribution in [3.05, 3.63) is 91.3 Å². The molecular weight excluding hydrogens is 528 g/mol. The lowest BCUT2D eigenvalue weighted by Crippen LogP contribution is -2.42. The zero-order valence-corrected chi connectivity index (χ0v) is 23.0. The molecule has 2 aromatic heterocycles. The van der Waals surface area contributed by atoms with Gasteiger partial charge in [-0.15, -0.1) is 0 Å². The molecule has 0 fully saturated rings. The number of para-hydroxylation sites is 1. The molecule has 11 heteroatoms. The van der Waals surface area contributed by atoms with Crippen molar-refractivity contribution >= 4 is 40.1 Å². The van der Waals surface area contributed by atoms with Gasteiger partial charge < -0.3 is 19.9 Å². The fourth-order valence-corrected chi connectivity index (χ4v) is 5.05. The zero-order chi connectivity index (χ0) is 29.4. The number of esters is 1.